The van der Waals surface area contributed by atoms with Crippen molar-refractivity contribution in [2.75, 3.05) is 12.4 Å². The van der Waals surface area contributed by atoms with E-state index in [0.29, 0.717) is 16.4 Å². The molecular formula is C22H20N4O2S. The lowest BCUT2D eigenvalue weighted by molar-refractivity contribution is 0.102. The van der Waals surface area contributed by atoms with Crippen molar-refractivity contribution in [2.45, 2.75) is 19.8 Å². The number of nitrogens with one attached hydrogen (secondary N) is 1. The van der Waals surface area contributed by atoms with Crippen molar-refractivity contribution in [3.63, 3.8) is 0 Å². The van der Waals surface area contributed by atoms with Gasteiger partial charge in [-0.3, -0.25) is 15.1 Å². The molecule has 4 rings (SSSR count). The number of rotatable bonds is 6. The molecular weight excluding hydrogens is 384 g/mol. The van der Waals surface area contributed by atoms with E-state index >= 15 is 0 Å². The van der Waals surface area contributed by atoms with Crippen molar-refractivity contribution in [3.8, 4) is 5.75 Å². The summed E-state index contributed by atoms with van der Waals surface area (Å²) in [6.07, 6.45) is 1.67. The molecule has 7 heteroatoms. The Kier molecular flexibility index (Phi) is 5.48. The minimum absolute atomic E-state index is 0.245. The molecule has 0 aliphatic rings. The quantitative estimate of drug-likeness (QED) is 0.514. The molecule has 0 bridgehead atoms. The van der Waals surface area contributed by atoms with Crippen LogP contribution in [0.1, 0.15) is 26.6 Å². The SMILES string of the molecule is COc1ccc2nc(C)c(C(=O)Nc3nnc(CCc4ccccc4)s3)cc2c1. The number of aromatic nitrogens is 3. The number of hydrogen-bond donors (Lipinski definition) is 1. The Morgan fingerprint density at radius 1 is 1.07 bits per heavy atom. The molecule has 0 aliphatic carbocycles. The maximum absolute atomic E-state index is 12.8. The van der Waals surface area contributed by atoms with Crippen molar-refractivity contribution in [1.29, 1.82) is 0 Å². The lowest BCUT2D eigenvalue weighted by Crippen LogP contribution is -2.14. The van der Waals surface area contributed by atoms with E-state index in [1.807, 2.05) is 49.4 Å². The van der Waals surface area contributed by atoms with Crippen LogP contribution in [0.25, 0.3) is 10.9 Å². The van der Waals surface area contributed by atoms with Crippen LogP contribution in [0.2, 0.25) is 0 Å². The largest absolute Gasteiger partial charge is 0.497 e. The van der Waals surface area contributed by atoms with Crippen molar-refractivity contribution < 1.29 is 9.53 Å². The average Bonchev–Trinajstić information content (AvgIpc) is 3.19. The molecule has 0 aliphatic heterocycles. The fourth-order valence-corrected chi connectivity index (χ4v) is 3.81. The Balaban J connectivity index is 1.48. The molecule has 0 spiro atoms. The molecule has 146 valence electrons. The van der Waals surface area contributed by atoms with Gasteiger partial charge in [-0.25, -0.2) is 0 Å². The number of hydrogen-bond acceptors (Lipinski definition) is 6. The lowest BCUT2D eigenvalue weighted by Gasteiger charge is -2.08. The second kappa shape index (κ2) is 8.36. The molecule has 0 atom stereocenters. The summed E-state index contributed by atoms with van der Waals surface area (Å²) in [4.78, 5) is 17.3. The lowest BCUT2D eigenvalue weighted by atomic mass is 10.1. The van der Waals surface area contributed by atoms with Gasteiger partial charge in [-0.05, 0) is 43.2 Å². The molecule has 2 aromatic carbocycles. The van der Waals surface area contributed by atoms with Gasteiger partial charge in [0.15, 0.2) is 0 Å². The van der Waals surface area contributed by atoms with E-state index in [9.17, 15) is 4.79 Å². The summed E-state index contributed by atoms with van der Waals surface area (Å²) in [6.45, 7) is 1.82. The van der Waals surface area contributed by atoms with Crippen LogP contribution in [0.5, 0.6) is 5.75 Å². The highest BCUT2D eigenvalue weighted by molar-refractivity contribution is 7.15. The van der Waals surface area contributed by atoms with Crippen LogP contribution in [0.3, 0.4) is 0 Å². The normalized spacial score (nSPS) is 10.8. The zero-order chi connectivity index (χ0) is 20.2. The molecule has 6 nitrogen and oxygen atoms in total. The molecule has 0 saturated heterocycles. The zero-order valence-corrected chi connectivity index (χ0v) is 17.0. The molecule has 0 unspecified atom stereocenters. The monoisotopic (exact) mass is 404 g/mol. The highest BCUT2D eigenvalue weighted by atomic mass is 32.1. The number of amides is 1. The third-order valence-corrected chi connectivity index (χ3v) is 5.51. The van der Waals surface area contributed by atoms with Crippen LogP contribution in [0.15, 0.2) is 54.6 Å². The predicted molar refractivity (Wildman–Crippen MR) is 115 cm³/mol. The molecule has 0 fully saturated rings. The fraction of sp³-hybridized carbons (Fsp3) is 0.182. The molecule has 29 heavy (non-hydrogen) atoms. The van der Waals surface area contributed by atoms with Crippen molar-refractivity contribution in [2.24, 2.45) is 0 Å². The first-order chi connectivity index (χ1) is 14.1. The summed E-state index contributed by atoms with van der Waals surface area (Å²) in [6, 6.07) is 17.7. The Hall–Kier alpha value is -3.32. The average molecular weight is 404 g/mol. The van der Waals surface area contributed by atoms with Gasteiger partial charge in [0.2, 0.25) is 5.13 Å². The van der Waals surface area contributed by atoms with E-state index < -0.39 is 0 Å². The first-order valence-electron chi connectivity index (χ1n) is 9.25. The number of aryl methyl sites for hydroxylation is 3. The standard InChI is InChI=1S/C22H20N4O2S/c1-14-18(13-16-12-17(28-2)9-10-19(16)23-14)21(27)24-22-26-25-20(29-22)11-8-15-6-4-3-5-7-15/h3-7,9-10,12-13H,8,11H2,1-2H3,(H,24,26,27). The second-order valence-electron chi connectivity index (χ2n) is 6.62. The van der Waals surface area contributed by atoms with Gasteiger partial charge in [-0.15, -0.1) is 10.2 Å². The molecule has 1 N–H and O–H groups in total. The van der Waals surface area contributed by atoms with Crippen LogP contribution in [-0.2, 0) is 12.8 Å². The van der Waals surface area contributed by atoms with Crippen LogP contribution in [0.4, 0.5) is 5.13 Å². The van der Waals surface area contributed by atoms with Gasteiger partial charge in [0.05, 0.1) is 23.9 Å². The molecule has 0 radical (unpaired) electrons. The van der Waals surface area contributed by atoms with Gasteiger partial charge >= 0.3 is 0 Å². The maximum atomic E-state index is 12.8. The predicted octanol–water partition coefficient (Wildman–Crippen LogP) is 4.44. The number of pyridine rings is 1. The number of carbonyl (C=O) groups is 1. The Labute approximate surface area is 172 Å². The Bertz CT molecular complexity index is 1160. The van der Waals surface area contributed by atoms with Crippen molar-refractivity contribution in [3.05, 3.63) is 76.4 Å². The van der Waals surface area contributed by atoms with Crippen LogP contribution >= 0.6 is 11.3 Å². The second-order valence-corrected chi connectivity index (χ2v) is 7.68. The molecule has 4 aromatic rings. The Morgan fingerprint density at radius 2 is 1.90 bits per heavy atom. The summed E-state index contributed by atoms with van der Waals surface area (Å²) in [5.74, 6) is 0.479. The van der Waals surface area contributed by atoms with Gasteiger partial charge in [0.1, 0.15) is 10.8 Å². The molecule has 2 heterocycles. The van der Waals surface area contributed by atoms with Crippen molar-refractivity contribution >= 4 is 33.3 Å². The minimum atomic E-state index is -0.245. The zero-order valence-electron chi connectivity index (χ0n) is 16.2. The number of nitrogens with zero attached hydrogens (tertiary/aromatic N) is 3. The number of fused-ring (bicyclic) bond motifs is 1. The number of ether oxygens (including phenoxy) is 1. The summed E-state index contributed by atoms with van der Waals surface area (Å²) < 4.78 is 5.26. The van der Waals surface area contributed by atoms with Crippen LogP contribution in [0, 0.1) is 6.92 Å². The minimum Gasteiger partial charge on any atom is -0.497 e. The van der Waals surface area contributed by atoms with Crippen molar-refractivity contribution in [1.82, 2.24) is 15.2 Å². The van der Waals surface area contributed by atoms with Gasteiger partial charge in [0.25, 0.3) is 5.91 Å². The summed E-state index contributed by atoms with van der Waals surface area (Å²) >= 11 is 1.40. The van der Waals surface area contributed by atoms with E-state index in [1.54, 1.807) is 7.11 Å². The van der Waals surface area contributed by atoms with E-state index in [0.717, 1.165) is 34.5 Å². The third kappa shape index (κ3) is 4.41. The summed E-state index contributed by atoms with van der Waals surface area (Å²) in [7, 11) is 1.61. The maximum Gasteiger partial charge on any atom is 0.259 e. The topological polar surface area (TPSA) is 77.0 Å². The van der Waals surface area contributed by atoms with Crippen LogP contribution in [-0.4, -0.2) is 28.2 Å². The van der Waals surface area contributed by atoms with Gasteiger partial charge in [-0.2, -0.15) is 0 Å². The number of carbonyl (C=O) groups excluding carboxylic acids is 1. The number of methoxy groups -OCH3 is 1. The summed E-state index contributed by atoms with van der Waals surface area (Å²) in [5, 5.41) is 13.4. The fourth-order valence-electron chi connectivity index (χ4n) is 3.07. The molecule has 1 amide bonds. The molecule has 2 aromatic heterocycles. The highest BCUT2D eigenvalue weighted by Gasteiger charge is 2.15. The number of benzene rings is 2. The highest BCUT2D eigenvalue weighted by Crippen LogP contribution is 2.23. The van der Waals surface area contributed by atoms with E-state index in [2.05, 4.69) is 32.6 Å². The first-order valence-corrected chi connectivity index (χ1v) is 10.1. The van der Waals surface area contributed by atoms with Crippen LogP contribution < -0.4 is 10.1 Å². The van der Waals surface area contributed by atoms with E-state index in [1.165, 1.54) is 16.9 Å². The number of anilines is 1. The van der Waals surface area contributed by atoms with Gasteiger partial charge in [0, 0.05) is 11.8 Å². The first kappa shape index (κ1) is 19.0. The van der Waals surface area contributed by atoms with Gasteiger partial charge in [-0.1, -0.05) is 41.7 Å². The van der Waals surface area contributed by atoms with Gasteiger partial charge < -0.3 is 4.74 Å². The third-order valence-electron chi connectivity index (χ3n) is 4.61. The van der Waals surface area contributed by atoms with E-state index in [4.69, 9.17) is 4.74 Å². The van der Waals surface area contributed by atoms with E-state index in [-0.39, 0.29) is 5.91 Å². The smallest absolute Gasteiger partial charge is 0.259 e. The summed E-state index contributed by atoms with van der Waals surface area (Å²) in [5.41, 5.74) is 3.24. The molecule has 0 saturated carbocycles. The Morgan fingerprint density at radius 3 is 2.69 bits per heavy atom.